The fourth-order valence-corrected chi connectivity index (χ4v) is 4.60. The SMILES string of the molecule is C[Si](C)(C)CN1CCCC12CCC2. The summed E-state index contributed by atoms with van der Waals surface area (Å²) in [5.41, 5.74) is 0.709. The Morgan fingerprint density at radius 2 is 1.69 bits per heavy atom. The molecule has 1 spiro atoms. The molecule has 0 unspecified atom stereocenters. The van der Waals surface area contributed by atoms with E-state index in [1.54, 1.807) is 0 Å². The molecule has 2 fully saturated rings. The van der Waals surface area contributed by atoms with Crippen molar-refractivity contribution < 1.29 is 0 Å². The van der Waals surface area contributed by atoms with Gasteiger partial charge in [0.2, 0.25) is 0 Å². The highest BCUT2D eigenvalue weighted by atomic mass is 28.3. The average Bonchev–Trinajstić information content (AvgIpc) is 2.25. The van der Waals surface area contributed by atoms with Gasteiger partial charge in [0.25, 0.3) is 0 Å². The zero-order valence-corrected chi connectivity index (χ0v) is 10.4. The number of likely N-dealkylation sites (tertiary alicyclic amines) is 1. The first-order valence-corrected chi connectivity index (χ1v) is 9.48. The first-order valence-electron chi connectivity index (χ1n) is 5.77. The molecule has 2 rings (SSSR count). The molecule has 0 atom stereocenters. The summed E-state index contributed by atoms with van der Waals surface area (Å²) in [5, 5.41) is 0. The maximum absolute atomic E-state index is 2.84. The quantitative estimate of drug-likeness (QED) is 0.615. The molecule has 1 saturated heterocycles. The van der Waals surface area contributed by atoms with E-state index in [-0.39, 0.29) is 0 Å². The number of hydrogen-bond acceptors (Lipinski definition) is 1. The molecule has 0 amide bonds. The van der Waals surface area contributed by atoms with Gasteiger partial charge in [-0.05, 0) is 44.8 Å². The minimum absolute atomic E-state index is 0.709. The van der Waals surface area contributed by atoms with Gasteiger partial charge in [-0.1, -0.05) is 19.6 Å². The van der Waals surface area contributed by atoms with Gasteiger partial charge in [-0.3, -0.25) is 0 Å². The van der Waals surface area contributed by atoms with Crippen molar-refractivity contribution in [2.75, 3.05) is 12.7 Å². The zero-order valence-electron chi connectivity index (χ0n) is 9.40. The van der Waals surface area contributed by atoms with E-state index in [4.69, 9.17) is 0 Å². The molecule has 1 aliphatic carbocycles. The normalized spacial score (nSPS) is 27.9. The molecule has 0 radical (unpaired) electrons. The summed E-state index contributed by atoms with van der Waals surface area (Å²) in [7, 11) is -0.868. The largest absolute Gasteiger partial charge is 0.300 e. The van der Waals surface area contributed by atoms with Crippen molar-refractivity contribution in [3.8, 4) is 0 Å². The molecule has 76 valence electrons. The van der Waals surface area contributed by atoms with Crippen LogP contribution in [0.15, 0.2) is 0 Å². The summed E-state index contributed by atoms with van der Waals surface area (Å²) in [5.74, 6) is 0. The lowest BCUT2D eigenvalue weighted by Gasteiger charge is -2.47. The monoisotopic (exact) mass is 197 g/mol. The van der Waals surface area contributed by atoms with Crippen molar-refractivity contribution in [3.63, 3.8) is 0 Å². The van der Waals surface area contributed by atoms with Crippen molar-refractivity contribution in [2.24, 2.45) is 0 Å². The van der Waals surface area contributed by atoms with Crippen LogP contribution in [0.5, 0.6) is 0 Å². The predicted octanol–water partition coefficient (Wildman–Crippen LogP) is 2.88. The third-order valence-corrected chi connectivity index (χ3v) is 5.02. The van der Waals surface area contributed by atoms with Crippen LogP contribution in [0, 0.1) is 0 Å². The smallest absolute Gasteiger partial charge is 0.0599 e. The lowest BCUT2D eigenvalue weighted by Crippen LogP contribution is -2.54. The Hall–Kier alpha value is 0.177. The van der Waals surface area contributed by atoms with E-state index >= 15 is 0 Å². The molecule has 2 heteroatoms. The van der Waals surface area contributed by atoms with E-state index in [0.29, 0.717) is 5.54 Å². The van der Waals surface area contributed by atoms with Gasteiger partial charge in [0, 0.05) is 5.54 Å². The van der Waals surface area contributed by atoms with E-state index in [1.165, 1.54) is 44.8 Å². The first kappa shape index (κ1) is 9.72. The van der Waals surface area contributed by atoms with Crippen LogP contribution >= 0.6 is 0 Å². The molecule has 0 aromatic rings. The average molecular weight is 197 g/mol. The number of rotatable bonds is 2. The molecule has 1 nitrogen and oxygen atoms in total. The van der Waals surface area contributed by atoms with Crippen LogP contribution in [0.2, 0.25) is 19.6 Å². The molecule has 0 aromatic heterocycles. The van der Waals surface area contributed by atoms with E-state index in [9.17, 15) is 0 Å². The number of nitrogens with zero attached hydrogens (tertiary/aromatic N) is 1. The third kappa shape index (κ3) is 1.84. The molecule has 13 heavy (non-hydrogen) atoms. The van der Waals surface area contributed by atoms with Crippen molar-refractivity contribution in [1.29, 1.82) is 0 Å². The third-order valence-electron chi connectivity index (χ3n) is 3.69. The molecule has 1 saturated carbocycles. The summed E-state index contributed by atoms with van der Waals surface area (Å²) in [6, 6.07) is 0. The Bertz CT molecular complexity index is 191. The topological polar surface area (TPSA) is 3.24 Å². The van der Waals surface area contributed by atoms with Gasteiger partial charge in [0.05, 0.1) is 8.07 Å². The van der Waals surface area contributed by atoms with Crippen LogP contribution in [-0.2, 0) is 0 Å². The molecule has 0 bridgehead atoms. The summed E-state index contributed by atoms with van der Waals surface area (Å²) in [4.78, 5) is 2.84. The van der Waals surface area contributed by atoms with Crippen LogP contribution in [0.25, 0.3) is 0 Å². The second-order valence-electron chi connectivity index (χ2n) is 6.16. The molecule has 1 aliphatic heterocycles. The van der Waals surface area contributed by atoms with Gasteiger partial charge >= 0.3 is 0 Å². The lowest BCUT2D eigenvalue weighted by molar-refractivity contribution is 0.0708. The van der Waals surface area contributed by atoms with Crippen LogP contribution < -0.4 is 0 Å². The van der Waals surface area contributed by atoms with Gasteiger partial charge < -0.3 is 4.90 Å². The Kier molecular flexibility index (Phi) is 2.31. The summed E-state index contributed by atoms with van der Waals surface area (Å²) in [6.07, 6.45) is 8.88. The van der Waals surface area contributed by atoms with E-state index in [0.717, 1.165) is 0 Å². The van der Waals surface area contributed by atoms with Gasteiger partial charge in [-0.2, -0.15) is 0 Å². The van der Waals surface area contributed by atoms with Crippen molar-refractivity contribution >= 4 is 8.07 Å². The second kappa shape index (κ2) is 3.09. The van der Waals surface area contributed by atoms with E-state index < -0.39 is 8.07 Å². The fourth-order valence-electron chi connectivity index (χ4n) is 2.96. The highest BCUT2D eigenvalue weighted by Gasteiger charge is 2.46. The van der Waals surface area contributed by atoms with Gasteiger partial charge in [0.1, 0.15) is 0 Å². The minimum Gasteiger partial charge on any atom is -0.300 e. The van der Waals surface area contributed by atoms with Gasteiger partial charge in [-0.15, -0.1) is 0 Å². The standard InChI is InChI=1S/C11H23NSi/c1-13(2,3)10-12-9-5-8-11(12)6-4-7-11/h4-10H2,1-3H3. The molecular formula is C11H23NSi. The lowest BCUT2D eigenvalue weighted by atomic mass is 9.75. The molecule has 2 aliphatic rings. The Morgan fingerprint density at radius 1 is 1.08 bits per heavy atom. The van der Waals surface area contributed by atoms with Crippen LogP contribution in [0.4, 0.5) is 0 Å². The van der Waals surface area contributed by atoms with E-state index in [1.807, 2.05) is 0 Å². The molecular weight excluding hydrogens is 174 g/mol. The van der Waals surface area contributed by atoms with Crippen molar-refractivity contribution in [1.82, 2.24) is 4.90 Å². The van der Waals surface area contributed by atoms with Crippen LogP contribution in [0.3, 0.4) is 0 Å². The highest BCUT2D eigenvalue weighted by Crippen LogP contribution is 2.45. The Morgan fingerprint density at radius 3 is 2.15 bits per heavy atom. The molecule has 0 aromatic carbocycles. The minimum atomic E-state index is -0.868. The highest BCUT2D eigenvalue weighted by molar-refractivity contribution is 6.76. The van der Waals surface area contributed by atoms with Crippen molar-refractivity contribution in [2.45, 2.75) is 57.3 Å². The fraction of sp³-hybridized carbons (Fsp3) is 1.00. The first-order chi connectivity index (χ1) is 6.02. The van der Waals surface area contributed by atoms with Gasteiger partial charge in [-0.25, -0.2) is 0 Å². The summed E-state index contributed by atoms with van der Waals surface area (Å²) in [6.45, 7) is 8.89. The van der Waals surface area contributed by atoms with Crippen LogP contribution in [-0.4, -0.2) is 31.2 Å². The summed E-state index contributed by atoms with van der Waals surface area (Å²) < 4.78 is 0. The van der Waals surface area contributed by atoms with Crippen molar-refractivity contribution in [3.05, 3.63) is 0 Å². The number of hydrogen-bond donors (Lipinski definition) is 0. The van der Waals surface area contributed by atoms with E-state index in [2.05, 4.69) is 24.5 Å². The maximum Gasteiger partial charge on any atom is 0.0599 e. The Balaban J connectivity index is 1.98. The molecule has 0 N–H and O–H groups in total. The van der Waals surface area contributed by atoms with Crippen LogP contribution in [0.1, 0.15) is 32.1 Å². The second-order valence-corrected chi connectivity index (χ2v) is 11.6. The van der Waals surface area contributed by atoms with Gasteiger partial charge in [0.15, 0.2) is 0 Å². The summed E-state index contributed by atoms with van der Waals surface area (Å²) >= 11 is 0. The maximum atomic E-state index is 2.84. The zero-order chi connectivity index (χ0) is 9.53. The Labute approximate surface area is 83.5 Å². The predicted molar refractivity (Wildman–Crippen MR) is 60.7 cm³/mol. The molecule has 1 heterocycles.